The Morgan fingerprint density at radius 1 is 1.17 bits per heavy atom. The minimum Gasteiger partial charge on any atom is -0.497 e. The molecule has 2 aromatic rings. The van der Waals surface area contributed by atoms with Crippen molar-refractivity contribution in [2.24, 2.45) is 0 Å². The molecule has 0 fully saturated rings. The van der Waals surface area contributed by atoms with Gasteiger partial charge in [-0.25, -0.2) is 4.79 Å². The normalized spacial score (nSPS) is 10.7. The Morgan fingerprint density at radius 3 is 2.33 bits per heavy atom. The average Bonchev–Trinajstić information content (AvgIpc) is 2.72. The number of anilines is 1. The number of nitrogens with zero attached hydrogens (tertiary/aromatic N) is 1. The molecule has 0 aliphatic rings. The summed E-state index contributed by atoms with van der Waals surface area (Å²) in [6.07, 6.45) is 1.34. The Bertz CT molecular complexity index is 974. The van der Waals surface area contributed by atoms with E-state index < -0.39 is 11.9 Å². The summed E-state index contributed by atoms with van der Waals surface area (Å²) in [4.78, 5) is 23.8. The monoisotopic (exact) mass is 448 g/mol. The van der Waals surface area contributed by atoms with Crippen molar-refractivity contribution in [2.75, 3.05) is 25.6 Å². The van der Waals surface area contributed by atoms with Gasteiger partial charge in [-0.15, -0.1) is 0 Å². The van der Waals surface area contributed by atoms with E-state index in [2.05, 4.69) is 5.32 Å². The molecular formula is C21H18Cl2N2O5. The molecule has 1 amide bonds. The first-order valence-electron chi connectivity index (χ1n) is 8.72. The molecule has 0 saturated carbocycles. The fourth-order valence-electron chi connectivity index (χ4n) is 2.32. The Labute approximate surface area is 183 Å². The summed E-state index contributed by atoms with van der Waals surface area (Å²) in [7, 11) is 1.54. The molecule has 0 saturated heterocycles. The summed E-state index contributed by atoms with van der Waals surface area (Å²) in [5.41, 5.74) is 0.758. The molecule has 9 heteroatoms. The van der Waals surface area contributed by atoms with Gasteiger partial charge in [0.1, 0.15) is 17.4 Å². The molecule has 0 unspecified atom stereocenters. The lowest BCUT2D eigenvalue weighted by Gasteiger charge is -2.10. The maximum atomic E-state index is 12.4. The van der Waals surface area contributed by atoms with Crippen LogP contribution in [0.4, 0.5) is 5.69 Å². The van der Waals surface area contributed by atoms with Crippen molar-refractivity contribution in [3.63, 3.8) is 0 Å². The van der Waals surface area contributed by atoms with Gasteiger partial charge < -0.3 is 19.5 Å². The molecule has 7 nitrogen and oxygen atoms in total. The van der Waals surface area contributed by atoms with Crippen LogP contribution in [0.3, 0.4) is 0 Å². The molecule has 0 aliphatic carbocycles. The van der Waals surface area contributed by atoms with E-state index in [1.165, 1.54) is 25.3 Å². The molecule has 1 N–H and O–H groups in total. The van der Waals surface area contributed by atoms with Crippen LogP contribution < -0.4 is 14.8 Å². The van der Waals surface area contributed by atoms with E-state index in [1.807, 2.05) is 6.07 Å². The first-order valence-corrected chi connectivity index (χ1v) is 9.48. The van der Waals surface area contributed by atoms with Gasteiger partial charge in [0.2, 0.25) is 0 Å². The molecule has 30 heavy (non-hydrogen) atoms. The van der Waals surface area contributed by atoms with Crippen LogP contribution in [0.15, 0.2) is 42.0 Å². The van der Waals surface area contributed by atoms with Crippen LogP contribution in [-0.2, 0) is 14.3 Å². The number of carbonyl (C=O) groups is 2. The molecule has 0 aromatic heterocycles. The van der Waals surface area contributed by atoms with E-state index in [9.17, 15) is 14.9 Å². The summed E-state index contributed by atoms with van der Waals surface area (Å²) in [6, 6.07) is 11.4. The Hall–Kier alpha value is -3.21. The van der Waals surface area contributed by atoms with Crippen molar-refractivity contribution in [3.05, 3.63) is 57.6 Å². The number of methoxy groups -OCH3 is 1. The van der Waals surface area contributed by atoms with Crippen LogP contribution in [0.5, 0.6) is 11.5 Å². The van der Waals surface area contributed by atoms with Gasteiger partial charge in [0.15, 0.2) is 12.4 Å². The zero-order valence-corrected chi connectivity index (χ0v) is 17.7. The third kappa shape index (κ3) is 6.41. The molecule has 0 atom stereocenters. The third-order valence-corrected chi connectivity index (χ3v) is 4.25. The number of carbonyl (C=O) groups excluding carboxylic acids is 2. The van der Waals surface area contributed by atoms with Crippen molar-refractivity contribution in [2.45, 2.75) is 6.92 Å². The highest BCUT2D eigenvalue weighted by atomic mass is 35.5. The lowest BCUT2D eigenvalue weighted by Crippen LogP contribution is -2.15. The van der Waals surface area contributed by atoms with Gasteiger partial charge in [0.25, 0.3) is 5.91 Å². The molecule has 156 valence electrons. The van der Waals surface area contributed by atoms with Crippen molar-refractivity contribution >= 4 is 46.8 Å². The van der Waals surface area contributed by atoms with Crippen molar-refractivity contribution in [1.82, 2.24) is 0 Å². The zero-order valence-electron chi connectivity index (χ0n) is 16.2. The van der Waals surface area contributed by atoms with Crippen LogP contribution >= 0.6 is 23.2 Å². The largest absolute Gasteiger partial charge is 0.497 e. The summed E-state index contributed by atoms with van der Waals surface area (Å²) < 4.78 is 15.1. The fourth-order valence-corrected chi connectivity index (χ4v) is 2.94. The minimum atomic E-state index is -0.599. The standard InChI is InChI=1S/C21H18Cl2N2O5/c1-3-29-19(26)12-30-20-17(22)9-13(10-18(20)23)8-14(11-24)21(27)25-15-4-6-16(28-2)7-5-15/h4-10H,3,12H2,1-2H3,(H,25,27)/b14-8-. The highest BCUT2D eigenvalue weighted by molar-refractivity contribution is 6.37. The van der Waals surface area contributed by atoms with Gasteiger partial charge in [0.05, 0.1) is 23.8 Å². The SMILES string of the molecule is CCOC(=O)COc1c(Cl)cc(/C=C(/C#N)C(=O)Nc2ccc(OC)cc2)cc1Cl. The fraction of sp³-hybridized carbons (Fsp3) is 0.190. The number of hydrogen-bond acceptors (Lipinski definition) is 6. The highest BCUT2D eigenvalue weighted by Gasteiger charge is 2.14. The number of amides is 1. The number of ether oxygens (including phenoxy) is 3. The number of esters is 1. The predicted molar refractivity (Wildman–Crippen MR) is 114 cm³/mol. The lowest BCUT2D eigenvalue weighted by atomic mass is 10.1. The number of rotatable bonds is 8. The van der Waals surface area contributed by atoms with Crippen LogP contribution in [0, 0.1) is 11.3 Å². The smallest absolute Gasteiger partial charge is 0.344 e. The Balaban J connectivity index is 2.17. The highest BCUT2D eigenvalue weighted by Crippen LogP contribution is 2.35. The van der Waals surface area contributed by atoms with E-state index in [1.54, 1.807) is 31.2 Å². The quantitative estimate of drug-likeness (QED) is 0.362. The predicted octanol–water partition coefficient (Wildman–Crippen LogP) is 4.49. The van der Waals surface area contributed by atoms with Gasteiger partial charge in [-0.3, -0.25) is 4.79 Å². The topological polar surface area (TPSA) is 97.7 Å². The number of benzene rings is 2. The van der Waals surface area contributed by atoms with E-state index in [0.717, 1.165) is 0 Å². The van der Waals surface area contributed by atoms with Gasteiger partial charge >= 0.3 is 5.97 Å². The van der Waals surface area contributed by atoms with Crippen molar-refractivity contribution in [1.29, 1.82) is 5.26 Å². The van der Waals surface area contributed by atoms with Crippen LogP contribution in [0.25, 0.3) is 6.08 Å². The van der Waals surface area contributed by atoms with Crippen LogP contribution in [0.1, 0.15) is 12.5 Å². The Morgan fingerprint density at radius 2 is 1.80 bits per heavy atom. The second-order valence-electron chi connectivity index (χ2n) is 5.76. The van der Waals surface area contributed by atoms with Gasteiger partial charge in [-0.05, 0) is 55.0 Å². The van der Waals surface area contributed by atoms with Crippen molar-refractivity contribution < 1.29 is 23.8 Å². The first-order chi connectivity index (χ1) is 14.4. The second kappa shape index (κ2) is 11.1. The number of nitriles is 1. The molecule has 0 radical (unpaired) electrons. The van der Waals surface area contributed by atoms with Crippen LogP contribution in [-0.4, -0.2) is 32.2 Å². The van der Waals surface area contributed by atoms with E-state index in [-0.39, 0.29) is 34.6 Å². The van der Waals surface area contributed by atoms with E-state index >= 15 is 0 Å². The molecule has 2 rings (SSSR count). The molecule has 0 spiro atoms. The summed E-state index contributed by atoms with van der Waals surface area (Å²) >= 11 is 12.3. The summed E-state index contributed by atoms with van der Waals surface area (Å²) in [5, 5.41) is 12.2. The first kappa shape index (κ1) is 23.1. The average molecular weight is 449 g/mol. The number of hydrogen-bond donors (Lipinski definition) is 1. The second-order valence-corrected chi connectivity index (χ2v) is 6.57. The van der Waals surface area contributed by atoms with E-state index in [0.29, 0.717) is 17.0 Å². The maximum absolute atomic E-state index is 12.4. The van der Waals surface area contributed by atoms with Crippen LogP contribution in [0.2, 0.25) is 10.0 Å². The molecular weight excluding hydrogens is 431 g/mol. The molecule has 2 aromatic carbocycles. The number of halogens is 2. The van der Waals surface area contributed by atoms with E-state index in [4.69, 9.17) is 37.4 Å². The maximum Gasteiger partial charge on any atom is 0.344 e. The van der Waals surface area contributed by atoms with Gasteiger partial charge in [-0.1, -0.05) is 23.2 Å². The molecule has 0 aliphatic heterocycles. The number of nitrogens with one attached hydrogen (secondary N) is 1. The molecule has 0 bridgehead atoms. The van der Waals surface area contributed by atoms with Gasteiger partial charge in [-0.2, -0.15) is 5.26 Å². The summed E-state index contributed by atoms with van der Waals surface area (Å²) in [6.45, 7) is 1.55. The van der Waals surface area contributed by atoms with Gasteiger partial charge in [0, 0.05) is 5.69 Å². The zero-order chi connectivity index (χ0) is 22.1. The Kier molecular flexibility index (Phi) is 8.54. The minimum absolute atomic E-state index is 0.102. The third-order valence-electron chi connectivity index (χ3n) is 3.68. The summed E-state index contributed by atoms with van der Waals surface area (Å²) in [5.74, 6) is -0.420. The lowest BCUT2D eigenvalue weighted by molar-refractivity contribution is -0.145. The molecule has 0 heterocycles. The van der Waals surface area contributed by atoms with Crippen molar-refractivity contribution in [3.8, 4) is 17.6 Å².